The van der Waals surface area contributed by atoms with E-state index in [1.54, 1.807) is 12.3 Å². The van der Waals surface area contributed by atoms with Crippen LogP contribution in [0, 0.1) is 5.82 Å². The molecule has 9 nitrogen and oxygen atoms in total. The van der Waals surface area contributed by atoms with Crippen molar-refractivity contribution in [3.05, 3.63) is 71.2 Å². The van der Waals surface area contributed by atoms with Crippen molar-refractivity contribution in [1.29, 1.82) is 0 Å². The molecule has 1 aliphatic rings. The third-order valence-corrected chi connectivity index (χ3v) is 9.33. The summed E-state index contributed by atoms with van der Waals surface area (Å²) in [7, 11) is -2.86. The molecule has 2 N–H and O–H groups in total. The number of methoxy groups -OCH3 is 1. The van der Waals surface area contributed by atoms with Crippen LogP contribution in [0.2, 0.25) is 0 Å². The fourth-order valence-electron chi connectivity index (χ4n) is 3.91. The molecular weight excluding hydrogens is 537 g/mol. The number of nitrogens with one attached hydrogen (secondary N) is 2. The van der Waals surface area contributed by atoms with Crippen LogP contribution in [0.1, 0.15) is 15.2 Å². The van der Waals surface area contributed by atoms with E-state index < -0.39 is 21.7 Å². The van der Waals surface area contributed by atoms with Gasteiger partial charge in [-0.1, -0.05) is 0 Å². The summed E-state index contributed by atoms with van der Waals surface area (Å²) in [6, 6.07) is 10.3. The third kappa shape index (κ3) is 4.20. The van der Waals surface area contributed by atoms with E-state index >= 15 is 0 Å². The van der Waals surface area contributed by atoms with Crippen LogP contribution in [0.15, 0.2) is 59.9 Å². The van der Waals surface area contributed by atoms with Crippen LogP contribution in [0.4, 0.5) is 10.1 Å². The predicted molar refractivity (Wildman–Crippen MR) is 139 cm³/mol. The Morgan fingerprint density at radius 2 is 1.89 bits per heavy atom. The Morgan fingerprint density at radius 3 is 2.73 bits per heavy atom. The molecule has 0 spiro atoms. The quantitative estimate of drug-likeness (QED) is 0.309. The Bertz CT molecular complexity index is 1820. The number of nitrogens with zero attached hydrogens (tertiary/aromatic N) is 3. The van der Waals surface area contributed by atoms with Gasteiger partial charge in [-0.3, -0.25) is 9.52 Å². The average molecular weight is 554 g/mol. The molecule has 186 valence electrons. The van der Waals surface area contributed by atoms with Crippen molar-refractivity contribution in [1.82, 2.24) is 20.3 Å². The maximum atomic E-state index is 14.5. The number of halogens is 1. The van der Waals surface area contributed by atoms with Crippen molar-refractivity contribution >= 4 is 54.5 Å². The van der Waals surface area contributed by atoms with Crippen molar-refractivity contribution in [3.63, 3.8) is 0 Å². The molecule has 1 amide bonds. The summed E-state index contributed by atoms with van der Waals surface area (Å²) in [5, 5.41) is 2.66. The number of aromatic nitrogens is 3. The minimum absolute atomic E-state index is 0.0505. The number of thiophene rings is 2. The van der Waals surface area contributed by atoms with Gasteiger partial charge in [0.15, 0.2) is 0 Å². The Hall–Kier alpha value is -3.94. The number of pyridine rings is 1. The topological polar surface area (TPSA) is 123 Å². The van der Waals surface area contributed by atoms with Gasteiger partial charge in [-0.25, -0.2) is 27.8 Å². The van der Waals surface area contributed by atoms with Gasteiger partial charge in [-0.05, 0) is 42.5 Å². The number of amides is 1. The number of carbonyl (C=O) groups is 1. The van der Waals surface area contributed by atoms with Crippen molar-refractivity contribution in [2.45, 2.75) is 11.4 Å². The number of hydrogen-bond donors (Lipinski definition) is 2. The van der Waals surface area contributed by atoms with Gasteiger partial charge in [-0.15, -0.1) is 22.7 Å². The fraction of sp³-hybridized carbons (Fsp3) is 0.0833. The number of carbonyl (C=O) groups excluding carboxylic acids is 1. The van der Waals surface area contributed by atoms with Crippen molar-refractivity contribution in [2.24, 2.45) is 0 Å². The van der Waals surface area contributed by atoms with Gasteiger partial charge < -0.3 is 10.1 Å². The number of ether oxygens (including phenoxy) is 1. The molecule has 6 rings (SSSR count). The summed E-state index contributed by atoms with van der Waals surface area (Å²) in [5.74, 6) is -1.52. The lowest BCUT2D eigenvalue weighted by molar-refractivity contribution is 0.0947. The maximum absolute atomic E-state index is 14.5. The van der Waals surface area contributed by atoms with Crippen LogP contribution in [0.3, 0.4) is 0 Å². The van der Waals surface area contributed by atoms with Crippen LogP contribution in [-0.4, -0.2) is 36.4 Å². The Balaban J connectivity index is 1.57. The van der Waals surface area contributed by atoms with Gasteiger partial charge in [0.05, 0.1) is 39.2 Å². The molecular formula is C24H16FN5O4S3. The molecule has 37 heavy (non-hydrogen) atoms. The number of rotatable bonds is 1. The van der Waals surface area contributed by atoms with E-state index in [2.05, 4.69) is 25.0 Å². The molecule has 1 aromatic carbocycles. The highest BCUT2D eigenvalue weighted by atomic mass is 32.2. The first-order valence-corrected chi connectivity index (χ1v) is 13.9. The van der Waals surface area contributed by atoms with Gasteiger partial charge in [-0.2, -0.15) is 0 Å². The van der Waals surface area contributed by atoms with Crippen LogP contribution in [0.5, 0.6) is 5.88 Å². The van der Waals surface area contributed by atoms with Crippen LogP contribution < -0.4 is 14.8 Å². The van der Waals surface area contributed by atoms with Gasteiger partial charge in [0, 0.05) is 21.5 Å². The van der Waals surface area contributed by atoms with Crippen LogP contribution >= 0.6 is 22.7 Å². The van der Waals surface area contributed by atoms with Crippen molar-refractivity contribution in [2.75, 3.05) is 11.8 Å². The predicted octanol–water partition coefficient (Wildman–Crippen LogP) is 4.67. The molecule has 1 aliphatic heterocycles. The van der Waals surface area contributed by atoms with E-state index in [0.29, 0.717) is 5.56 Å². The van der Waals surface area contributed by atoms with Gasteiger partial charge in [0.1, 0.15) is 23.5 Å². The normalized spacial score (nSPS) is 14.5. The number of hydrogen-bond acceptors (Lipinski definition) is 9. The fourth-order valence-corrected chi connectivity index (χ4v) is 7.09. The van der Waals surface area contributed by atoms with Gasteiger partial charge >= 0.3 is 0 Å². The Labute approximate surface area is 218 Å². The monoisotopic (exact) mass is 553 g/mol. The lowest BCUT2D eigenvalue weighted by atomic mass is 10.2. The van der Waals surface area contributed by atoms with E-state index in [9.17, 15) is 17.6 Å². The first-order chi connectivity index (χ1) is 17.8. The van der Waals surface area contributed by atoms with Crippen molar-refractivity contribution in [3.8, 4) is 26.9 Å². The zero-order valence-corrected chi connectivity index (χ0v) is 21.4. The van der Waals surface area contributed by atoms with Gasteiger partial charge in [0.2, 0.25) is 5.88 Å². The van der Waals surface area contributed by atoms with E-state index in [1.807, 2.05) is 18.2 Å². The summed E-state index contributed by atoms with van der Waals surface area (Å²) in [6.45, 7) is 0.134. The molecule has 13 heteroatoms. The molecule has 5 aromatic rings. The highest BCUT2D eigenvalue weighted by molar-refractivity contribution is 7.92. The molecule has 0 saturated carbocycles. The second-order valence-electron chi connectivity index (χ2n) is 8.02. The maximum Gasteiger partial charge on any atom is 0.262 e. The van der Waals surface area contributed by atoms with Crippen LogP contribution in [-0.2, 0) is 16.6 Å². The molecule has 8 bridgehead atoms. The second kappa shape index (κ2) is 8.87. The standard InChI is InChI=1S/C24H16FN5O4S3/c1-34-24-18-6-12(9-27-24)20-8-17-22(36-20)21(29-11-28-17)19-5-2-13(35-19)10-26-23(31)15-7-14(3-4-16(15)25)37(32,33)30-18/h2-9,11,30H,10H2,1H3,(H,26,31). The summed E-state index contributed by atoms with van der Waals surface area (Å²) >= 11 is 2.90. The first kappa shape index (κ1) is 23.5. The second-order valence-corrected chi connectivity index (χ2v) is 11.9. The van der Waals surface area contributed by atoms with Crippen molar-refractivity contribution < 1.29 is 22.3 Å². The minimum atomic E-state index is -4.23. The largest absolute Gasteiger partial charge is 0.480 e. The van der Waals surface area contributed by atoms with E-state index in [0.717, 1.165) is 48.7 Å². The highest BCUT2D eigenvalue weighted by Crippen LogP contribution is 2.40. The SMILES string of the molecule is COc1ncc2cc1NS(=O)(=O)c1ccc(F)c(c1)C(=O)NCc1ccc(s1)-c1ncnc3cc-2sc13. The van der Waals surface area contributed by atoms with E-state index in [-0.39, 0.29) is 28.6 Å². The lowest BCUT2D eigenvalue weighted by Crippen LogP contribution is -2.24. The lowest BCUT2D eigenvalue weighted by Gasteiger charge is -2.13. The molecule has 0 unspecified atom stereocenters. The molecule has 0 fully saturated rings. The molecule has 0 aliphatic carbocycles. The number of sulfonamides is 1. The minimum Gasteiger partial charge on any atom is -0.480 e. The Morgan fingerprint density at radius 1 is 1.03 bits per heavy atom. The summed E-state index contributed by atoms with van der Waals surface area (Å²) < 4.78 is 49.6. The molecule has 0 atom stereocenters. The number of fused-ring (bicyclic) bond motifs is 9. The van der Waals surface area contributed by atoms with E-state index in [1.165, 1.54) is 36.1 Å². The zero-order valence-electron chi connectivity index (χ0n) is 19.0. The molecule has 0 radical (unpaired) electrons. The number of anilines is 1. The summed E-state index contributed by atoms with van der Waals surface area (Å²) in [5.41, 5.74) is 1.81. The zero-order chi connectivity index (χ0) is 25.7. The Kier molecular flexibility index (Phi) is 5.62. The van der Waals surface area contributed by atoms with Crippen LogP contribution in [0.25, 0.3) is 31.2 Å². The average Bonchev–Trinajstić information content (AvgIpc) is 3.54. The first-order valence-electron chi connectivity index (χ1n) is 10.8. The number of benzene rings is 1. The third-order valence-electron chi connectivity index (χ3n) is 5.70. The smallest absolute Gasteiger partial charge is 0.262 e. The van der Waals surface area contributed by atoms with Gasteiger partial charge in [0.25, 0.3) is 15.9 Å². The molecule has 0 saturated heterocycles. The molecule has 4 aromatic heterocycles. The summed E-state index contributed by atoms with van der Waals surface area (Å²) in [4.78, 5) is 28.2. The molecule has 5 heterocycles. The highest BCUT2D eigenvalue weighted by Gasteiger charge is 2.23. The van der Waals surface area contributed by atoms with E-state index in [4.69, 9.17) is 4.74 Å². The summed E-state index contributed by atoms with van der Waals surface area (Å²) in [6.07, 6.45) is 3.07.